The predicted octanol–water partition coefficient (Wildman–Crippen LogP) is 2.11. The summed E-state index contributed by atoms with van der Waals surface area (Å²) in [5.74, 6) is 1.84. The molecule has 1 unspecified atom stereocenters. The zero-order valence-electron chi connectivity index (χ0n) is 9.38. The van der Waals surface area contributed by atoms with Gasteiger partial charge in [0.1, 0.15) is 11.5 Å². The van der Waals surface area contributed by atoms with Crippen molar-refractivity contribution in [2.45, 2.75) is 17.1 Å². The minimum Gasteiger partial charge on any atom is -0.465 e. The van der Waals surface area contributed by atoms with Crippen LogP contribution in [0.3, 0.4) is 0 Å². The van der Waals surface area contributed by atoms with Gasteiger partial charge in [-0.3, -0.25) is 4.68 Å². The van der Waals surface area contributed by atoms with Crippen molar-refractivity contribution in [3.8, 4) is 0 Å². The molecule has 0 fully saturated rings. The standard InChI is InChI=1S/C11H15N3OS/c1-8-3-4-10(15-8)11(5-12)16-9-6-13-14(2)7-9/h3-4,6-7,11H,5,12H2,1-2H3. The van der Waals surface area contributed by atoms with Gasteiger partial charge in [0.05, 0.1) is 11.4 Å². The second-order valence-electron chi connectivity index (χ2n) is 3.64. The van der Waals surface area contributed by atoms with Gasteiger partial charge in [0.15, 0.2) is 0 Å². The normalized spacial score (nSPS) is 12.9. The van der Waals surface area contributed by atoms with Gasteiger partial charge in [-0.1, -0.05) is 0 Å². The lowest BCUT2D eigenvalue weighted by molar-refractivity contribution is 0.481. The van der Waals surface area contributed by atoms with Crippen LogP contribution in [-0.4, -0.2) is 16.3 Å². The number of aryl methyl sites for hydroxylation is 2. The van der Waals surface area contributed by atoms with Crippen LogP contribution in [0, 0.1) is 6.92 Å². The highest BCUT2D eigenvalue weighted by Crippen LogP contribution is 2.34. The second-order valence-corrected chi connectivity index (χ2v) is 4.92. The van der Waals surface area contributed by atoms with E-state index in [0.29, 0.717) is 6.54 Å². The first-order valence-electron chi connectivity index (χ1n) is 5.10. The number of nitrogens with two attached hydrogens (primary N) is 1. The maximum Gasteiger partial charge on any atom is 0.118 e. The van der Waals surface area contributed by atoms with Crippen LogP contribution >= 0.6 is 11.8 Å². The molecule has 0 aromatic carbocycles. The van der Waals surface area contributed by atoms with Crippen LogP contribution in [0.4, 0.5) is 0 Å². The Morgan fingerprint density at radius 3 is 2.88 bits per heavy atom. The van der Waals surface area contributed by atoms with E-state index in [2.05, 4.69) is 5.10 Å². The third-order valence-electron chi connectivity index (χ3n) is 2.25. The Hall–Kier alpha value is -1.20. The molecule has 1 atom stereocenters. The summed E-state index contributed by atoms with van der Waals surface area (Å²) in [6.45, 7) is 2.48. The Balaban J connectivity index is 2.12. The van der Waals surface area contributed by atoms with Crippen molar-refractivity contribution in [1.82, 2.24) is 9.78 Å². The predicted molar refractivity (Wildman–Crippen MR) is 64.3 cm³/mol. The van der Waals surface area contributed by atoms with E-state index in [4.69, 9.17) is 10.2 Å². The molecule has 0 radical (unpaired) electrons. The van der Waals surface area contributed by atoms with Gasteiger partial charge in [-0.2, -0.15) is 5.10 Å². The van der Waals surface area contributed by atoms with E-state index >= 15 is 0 Å². The molecular formula is C11H15N3OS. The SMILES string of the molecule is Cc1ccc(C(CN)Sc2cnn(C)c2)o1. The van der Waals surface area contributed by atoms with Crippen molar-refractivity contribution in [2.24, 2.45) is 12.8 Å². The summed E-state index contributed by atoms with van der Waals surface area (Å²) in [6, 6.07) is 3.94. The van der Waals surface area contributed by atoms with Crippen molar-refractivity contribution in [2.75, 3.05) is 6.54 Å². The molecular weight excluding hydrogens is 222 g/mol. The molecule has 0 aliphatic carbocycles. The van der Waals surface area contributed by atoms with Crippen molar-refractivity contribution in [3.63, 3.8) is 0 Å². The molecule has 0 aliphatic heterocycles. The third-order valence-corrected chi connectivity index (χ3v) is 3.44. The molecule has 86 valence electrons. The Bertz CT molecular complexity index is 463. The van der Waals surface area contributed by atoms with Crippen LogP contribution in [-0.2, 0) is 7.05 Å². The quantitative estimate of drug-likeness (QED) is 0.827. The Kier molecular flexibility index (Phi) is 3.36. The van der Waals surface area contributed by atoms with Crippen LogP contribution in [0.5, 0.6) is 0 Å². The van der Waals surface area contributed by atoms with Crippen LogP contribution in [0.2, 0.25) is 0 Å². The van der Waals surface area contributed by atoms with E-state index in [-0.39, 0.29) is 5.25 Å². The molecule has 2 aromatic rings. The van der Waals surface area contributed by atoms with E-state index < -0.39 is 0 Å². The van der Waals surface area contributed by atoms with Gasteiger partial charge in [0.2, 0.25) is 0 Å². The number of nitrogens with zero attached hydrogens (tertiary/aromatic N) is 2. The number of furan rings is 1. The zero-order chi connectivity index (χ0) is 11.5. The van der Waals surface area contributed by atoms with Gasteiger partial charge in [-0.15, -0.1) is 11.8 Å². The van der Waals surface area contributed by atoms with E-state index in [0.717, 1.165) is 16.4 Å². The minimum atomic E-state index is 0.151. The smallest absolute Gasteiger partial charge is 0.118 e. The summed E-state index contributed by atoms with van der Waals surface area (Å²) in [6.07, 6.45) is 3.81. The van der Waals surface area contributed by atoms with Crippen LogP contribution in [0.25, 0.3) is 0 Å². The molecule has 0 spiro atoms. The summed E-state index contributed by atoms with van der Waals surface area (Å²) in [7, 11) is 1.90. The molecule has 0 saturated heterocycles. The number of aromatic nitrogens is 2. The van der Waals surface area contributed by atoms with Crippen LogP contribution in [0.15, 0.2) is 33.8 Å². The molecule has 0 amide bonds. The molecule has 5 heteroatoms. The van der Waals surface area contributed by atoms with Crippen molar-refractivity contribution < 1.29 is 4.42 Å². The van der Waals surface area contributed by atoms with Crippen molar-refractivity contribution in [1.29, 1.82) is 0 Å². The van der Waals surface area contributed by atoms with Gasteiger partial charge >= 0.3 is 0 Å². The molecule has 2 rings (SSSR count). The number of thioether (sulfide) groups is 1. The highest BCUT2D eigenvalue weighted by molar-refractivity contribution is 7.99. The maximum absolute atomic E-state index is 5.76. The number of rotatable bonds is 4. The third kappa shape index (κ3) is 2.48. The maximum atomic E-state index is 5.76. The van der Waals surface area contributed by atoms with Crippen LogP contribution < -0.4 is 5.73 Å². The number of hydrogen-bond donors (Lipinski definition) is 1. The van der Waals surface area contributed by atoms with E-state index in [1.54, 1.807) is 16.4 Å². The van der Waals surface area contributed by atoms with Gasteiger partial charge in [-0.05, 0) is 19.1 Å². The topological polar surface area (TPSA) is 57.0 Å². The Morgan fingerprint density at radius 1 is 1.56 bits per heavy atom. The number of hydrogen-bond acceptors (Lipinski definition) is 4. The Morgan fingerprint density at radius 2 is 2.38 bits per heavy atom. The first kappa shape index (κ1) is 11.3. The summed E-state index contributed by atoms with van der Waals surface area (Å²) >= 11 is 1.67. The zero-order valence-corrected chi connectivity index (χ0v) is 10.2. The lowest BCUT2D eigenvalue weighted by Gasteiger charge is -2.09. The minimum absolute atomic E-state index is 0.151. The highest BCUT2D eigenvalue weighted by atomic mass is 32.2. The summed E-state index contributed by atoms with van der Waals surface area (Å²) in [4.78, 5) is 1.10. The molecule has 2 N–H and O–H groups in total. The molecule has 2 heterocycles. The molecule has 0 aliphatic rings. The monoisotopic (exact) mass is 237 g/mol. The van der Waals surface area contributed by atoms with Gasteiger partial charge < -0.3 is 10.2 Å². The highest BCUT2D eigenvalue weighted by Gasteiger charge is 2.15. The molecule has 0 bridgehead atoms. The average molecular weight is 237 g/mol. The molecule has 2 aromatic heterocycles. The summed E-state index contributed by atoms with van der Waals surface area (Å²) in [5, 5.41) is 4.28. The first-order chi connectivity index (χ1) is 7.69. The first-order valence-corrected chi connectivity index (χ1v) is 5.98. The molecule has 16 heavy (non-hydrogen) atoms. The van der Waals surface area contributed by atoms with E-state index in [9.17, 15) is 0 Å². The fourth-order valence-corrected chi connectivity index (χ4v) is 2.46. The molecule has 4 nitrogen and oxygen atoms in total. The van der Waals surface area contributed by atoms with Gasteiger partial charge in [0.25, 0.3) is 0 Å². The summed E-state index contributed by atoms with van der Waals surface area (Å²) in [5.41, 5.74) is 5.76. The van der Waals surface area contributed by atoms with Gasteiger partial charge in [0, 0.05) is 24.7 Å². The largest absolute Gasteiger partial charge is 0.465 e. The Labute approximate surface area is 98.8 Å². The fourth-order valence-electron chi connectivity index (χ4n) is 1.47. The lowest BCUT2D eigenvalue weighted by atomic mass is 10.3. The summed E-state index contributed by atoms with van der Waals surface area (Å²) < 4.78 is 7.37. The fraction of sp³-hybridized carbons (Fsp3) is 0.364. The average Bonchev–Trinajstić information content (AvgIpc) is 2.84. The van der Waals surface area contributed by atoms with E-state index in [1.165, 1.54) is 0 Å². The second kappa shape index (κ2) is 4.76. The lowest BCUT2D eigenvalue weighted by Crippen LogP contribution is -2.08. The van der Waals surface area contributed by atoms with Crippen LogP contribution in [0.1, 0.15) is 16.8 Å². The van der Waals surface area contributed by atoms with Gasteiger partial charge in [-0.25, -0.2) is 0 Å². The van der Waals surface area contributed by atoms with Crippen molar-refractivity contribution >= 4 is 11.8 Å². The molecule has 0 saturated carbocycles. The van der Waals surface area contributed by atoms with E-state index in [1.807, 2.05) is 38.5 Å². The van der Waals surface area contributed by atoms with Crippen molar-refractivity contribution in [3.05, 3.63) is 36.0 Å².